The van der Waals surface area contributed by atoms with E-state index in [9.17, 15) is 4.79 Å². The van der Waals surface area contributed by atoms with Gasteiger partial charge in [-0.3, -0.25) is 0 Å². The Hall–Kier alpha value is -2.31. The van der Waals surface area contributed by atoms with Crippen molar-refractivity contribution in [1.82, 2.24) is 9.97 Å². The first kappa shape index (κ1) is 18.5. The van der Waals surface area contributed by atoms with Crippen LogP contribution < -0.4 is 10.5 Å². The van der Waals surface area contributed by atoms with E-state index >= 15 is 0 Å². The number of nitrogens with one attached hydrogen (secondary N) is 1. The van der Waals surface area contributed by atoms with Gasteiger partial charge in [-0.1, -0.05) is 6.07 Å². The molecule has 0 fully saturated rings. The summed E-state index contributed by atoms with van der Waals surface area (Å²) in [4.78, 5) is 20.9. The predicted octanol–water partition coefficient (Wildman–Crippen LogP) is 3.77. The van der Waals surface area contributed by atoms with Gasteiger partial charge >= 0.3 is 0 Å². The minimum atomic E-state index is -0.599. The number of nitrogens with zero attached hydrogens (tertiary/aromatic N) is 1. The average molecular weight is 369 g/mol. The van der Waals surface area contributed by atoms with E-state index in [0.29, 0.717) is 13.0 Å². The number of carbonyl (C=O) groups excluding carboxylic acids is 1. The van der Waals surface area contributed by atoms with Crippen LogP contribution in [0.15, 0.2) is 41.3 Å². The third-order valence-corrected chi connectivity index (χ3v) is 5.45. The van der Waals surface area contributed by atoms with E-state index in [1.54, 1.807) is 18.9 Å². The molecule has 0 saturated carbocycles. The summed E-state index contributed by atoms with van der Waals surface area (Å²) in [5, 5.41) is 0. The van der Waals surface area contributed by atoms with Gasteiger partial charge in [0.1, 0.15) is 17.9 Å². The Labute approximate surface area is 157 Å². The number of carbonyl (C=O) groups is 1. The molecule has 3 rings (SSSR count). The highest BCUT2D eigenvalue weighted by molar-refractivity contribution is 7.98. The van der Waals surface area contributed by atoms with E-state index in [4.69, 9.17) is 15.5 Å². The van der Waals surface area contributed by atoms with Gasteiger partial charge in [-0.05, 0) is 62.0 Å². The molecule has 1 heterocycles. The van der Waals surface area contributed by atoms with Gasteiger partial charge in [-0.15, -0.1) is 11.8 Å². The highest BCUT2D eigenvalue weighted by Gasteiger charge is 2.26. The molecule has 0 saturated heterocycles. The average Bonchev–Trinajstić information content (AvgIpc) is 3.10. The number of hydrogen-bond acceptors (Lipinski definition) is 5. The maximum Gasteiger partial charge on any atom is 0.142 e. The number of hydrogen-bond donors (Lipinski definition) is 2. The van der Waals surface area contributed by atoms with Crippen molar-refractivity contribution in [3.05, 3.63) is 42.0 Å². The molecule has 0 bridgehead atoms. The second kappa shape index (κ2) is 7.51. The summed E-state index contributed by atoms with van der Waals surface area (Å²) in [5.74, 6) is 1.51. The maximum atomic E-state index is 11.6. The summed E-state index contributed by atoms with van der Waals surface area (Å²) < 4.78 is 5.49. The number of ether oxygens (including phenoxy) is 1. The van der Waals surface area contributed by atoms with Crippen molar-refractivity contribution in [2.24, 2.45) is 5.73 Å². The normalized spacial score (nSPS) is 13.5. The summed E-state index contributed by atoms with van der Waals surface area (Å²) in [7, 11) is 1.65. The topological polar surface area (TPSA) is 81.0 Å². The maximum absolute atomic E-state index is 11.6. The SMILES string of the molecule is COc1ccc(SC)cc1-c1nc2cc(C(C)(C=O)CCN)ccc2[nH]1. The molecule has 0 aliphatic rings. The molecule has 1 atom stereocenters. The monoisotopic (exact) mass is 369 g/mol. The number of nitrogens with two attached hydrogens (primary N) is 1. The van der Waals surface area contributed by atoms with Crippen LogP contribution in [0.3, 0.4) is 0 Å². The van der Waals surface area contributed by atoms with Crippen molar-refractivity contribution < 1.29 is 9.53 Å². The van der Waals surface area contributed by atoms with Gasteiger partial charge in [0, 0.05) is 10.3 Å². The van der Waals surface area contributed by atoms with Crippen LogP contribution in [-0.4, -0.2) is 36.2 Å². The van der Waals surface area contributed by atoms with E-state index in [1.807, 2.05) is 43.5 Å². The van der Waals surface area contributed by atoms with Crippen LogP contribution in [0.25, 0.3) is 22.4 Å². The van der Waals surface area contributed by atoms with Gasteiger partial charge in [-0.2, -0.15) is 0 Å². The van der Waals surface area contributed by atoms with E-state index in [-0.39, 0.29) is 0 Å². The van der Waals surface area contributed by atoms with Gasteiger partial charge in [0.2, 0.25) is 0 Å². The quantitative estimate of drug-likeness (QED) is 0.489. The number of aldehydes is 1. The molecule has 0 amide bonds. The number of aromatic nitrogens is 2. The standard InChI is InChI=1S/C20H23N3O2S/c1-20(12-24,8-9-21)13-4-6-16-17(10-13)23-19(22-16)15-11-14(26-3)5-7-18(15)25-2/h4-7,10-12H,8-9,21H2,1-3H3,(H,22,23). The number of rotatable bonds is 7. The second-order valence-corrected chi connectivity index (χ2v) is 7.34. The van der Waals surface area contributed by atoms with Crippen molar-refractivity contribution in [1.29, 1.82) is 0 Å². The van der Waals surface area contributed by atoms with Crippen LogP contribution in [-0.2, 0) is 10.2 Å². The second-order valence-electron chi connectivity index (χ2n) is 6.46. The Morgan fingerprint density at radius 2 is 2.12 bits per heavy atom. The number of fused-ring (bicyclic) bond motifs is 1. The Kier molecular flexibility index (Phi) is 5.34. The van der Waals surface area contributed by atoms with Gasteiger partial charge in [0.05, 0.1) is 23.7 Å². The molecule has 0 aliphatic carbocycles. The zero-order valence-corrected chi connectivity index (χ0v) is 16.0. The lowest BCUT2D eigenvalue weighted by Gasteiger charge is -2.22. The van der Waals surface area contributed by atoms with E-state index in [0.717, 1.165) is 44.9 Å². The Morgan fingerprint density at radius 3 is 2.77 bits per heavy atom. The van der Waals surface area contributed by atoms with Crippen LogP contribution in [0.2, 0.25) is 0 Å². The summed E-state index contributed by atoms with van der Waals surface area (Å²) in [6.45, 7) is 2.37. The lowest BCUT2D eigenvalue weighted by molar-refractivity contribution is -0.112. The zero-order chi connectivity index (χ0) is 18.7. The highest BCUT2D eigenvalue weighted by atomic mass is 32.2. The van der Waals surface area contributed by atoms with Crippen LogP contribution in [0.1, 0.15) is 18.9 Å². The molecule has 2 aromatic carbocycles. The van der Waals surface area contributed by atoms with Crippen LogP contribution in [0.4, 0.5) is 0 Å². The number of thioether (sulfide) groups is 1. The van der Waals surface area contributed by atoms with Gasteiger partial charge in [0.25, 0.3) is 0 Å². The molecule has 1 unspecified atom stereocenters. The Bertz CT molecular complexity index is 938. The fourth-order valence-corrected chi connectivity index (χ4v) is 3.50. The number of aromatic amines is 1. The van der Waals surface area contributed by atoms with Crippen molar-refractivity contribution in [2.75, 3.05) is 19.9 Å². The number of imidazole rings is 1. The molecule has 0 radical (unpaired) electrons. The van der Waals surface area contributed by atoms with Gasteiger partial charge in [-0.25, -0.2) is 4.98 Å². The summed E-state index contributed by atoms with van der Waals surface area (Å²) in [5.41, 5.74) is 8.66. The molecule has 3 aromatic rings. The highest BCUT2D eigenvalue weighted by Crippen LogP contribution is 2.34. The zero-order valence-electron chi connectivity index (χ0n) is 15.2. The third-order valence-electron chi connectivity index (χ3n) is 4.73. The molecular weight excluding hydrogens is 346 g/mol. The summed E-state index contributed by atoms with van der Waals surface area (Å²) in [6, 6.07) is 11.9. The first-order valence-electron chi connectivity index (χ1n) is 8.43. The van der Waals surface area contributed by atoms with E-state index in [1.165, 1.54) is 0 Å². The summed E-state index contributed by atoms with van der Waals surface area (Å²) in [6.07, 6.45) is 3.61. The molecule has 1 aromatic heterocycles. The fourth-order valence-electron chi connectivity index (χ4n) is 3.06. The number of methoxy groups -OCH3 is 1. The van der Waals surface area contributed by atoms with E-state index < -0.39 is 5.41 Å². The van der Waals surface area contributed by atoms with Crippen molar-refractivity contribution >= 4 is 29.1 Å². The lowest BCUT2D eigenvalue weighted by Crippen LogP contribution is -2.27. The lowest BCUT2D eigenvalue weighted by atomic mass is 9.81. The number of H-pyrrole nitrogens is 1. The van der Waals surface area contributed by atoms with Crippen molar-refractivity contribution in [3.63, 3.8) is 0 Å². The number of benzene rings is 2. The molecule has 26 heavy (non-hydrogen) atoms. The van der Waals surface area contributed by atoms with Crippen LogP contribution >= 0.6 is 11.8 Å². The van der Waals surface area contributed by atoms with E-state index in [2.05, 4.69) is 11.1 Å². The molecule has 6 heteroatoms. The minimum absolute atomic E-state index is 0.456. The predicted molar refractivity (Wildman–Crippen MR) is 107 cm³/mol. The molecule has 3 N–H and O–H groups in total. The molecule has 0 aliphatic heterocycles. The molecular formula is C20H23N3O2S. The van der Waals surface area contributed by atoms with Crippen LogP contribution in [0, 0.1) is 0 Å². The summed E-state index contributed by atoms with van der Waals surface area (Å²) >= 11 is 1.67. The largest absolute Gasteiger partial charge is 0.496 e. The van der Waals surface area contributed by atoms with Crippen LogP contribution in [0.5, 0.6) is 5.75 Å². The third kappa shape index (κ3) is 3.34. The smallest absolute Gasteiger partial charge is 0.142 e. The molecule has 136 valence electrons. The Balaban J connectivity index is 2.10. The first-order valence-corrected chi connectivity index (χ1v) is 9.66. The molecule has 5 nitrogen and oxygen atoms in total. The van der Waals surface area contributed by atoms with Crippen molar-refractivity contribution in [3.8, 4) is 17.1 Å². The molecule has 0 spiro atoms. The van der Waals surface area contributed by atoms with Crippen molar-refractivity contribution in [2.45, 2.75) is 23.7 Å². The van der Waals surface area contributed by atoms with Gasteiger partial charge < -0.3 is 20.2 Å². The minimum Gasteiger partial charge on any atom is -0.496 e. The Morgan fingerprint density at radius 1 is 1.31 bits per heavy atom. The van der Waals surface area contributed by atoms with Gasteiger partial charge in [0.15, 0.2) is 0 Å². The fraction of sp³-hybridized carbons (Fsp3) is 0.300. The first-order chi connectivity index (χ1) is 12.5.